The lowest BCUT2D eigenvalue weighted by Crippen LogP contribution is -2.55. The van der Waals surface area contributed by atoms with Crippen molar-refractivity contribution in [1.29, 1.82) is 0 Å². The zero-order valence-electron chi connectivity index (χ0n) is 54.3. The average Bonchev–Trinajstić information content (AvgIpc) is 1.68. The zero-order valence-corrected chi connectivity index (χ0v) is 54.3. The topological polar surface area (TPSA) is 284 Å². The molecular formula is C70H88N4O22. The van der Waals surface area contributed by atoms with E-state index in [4.69, 9.17) is 90.0 Å². The molecule has 26 heteroatoms. The highest BCUT2D eigenvalue weighted by molar-refractivity contribution is 5.50. The summed E-state index contributed by atoms with van der Waals surface area (Å²) in [4.78, 5) is 39.4. The second-order valence-electron chi connectivity index (χ2n) is 26.3. The lowest BCUT2D eigenvalue weighted by molar-refractivity contribution is -0.0762. The molecule has 12 aliphatic rings. The Hall–Kier alpha value is -6.31. The zero-order chi connectivity index (χ0) is 65.2. The Kier molecular flexibility index (Phi) is 22.1. The average molecular weight is 1340 g/mol. The molecular weight excluding hydrogens is 1250 g/mol. The van der Waals surface area contributed by atoms with Crippen LogP contribution in [-0.2, 0) is 90.7 Å². The van der Waals surface area contributed by atoms with Crippen LogP contribution in [0, 0.1) is 5.41 Å². The van der Waals surface area contributed by atoms with Gasteiger partial charge in [-0.15, -0.1) is 0 Å². The molecule has 520 valence electrons. The van der Waals surface area contributed by atoms with Gasteiger partial charge in [-0.05, 0) is 83.8 Å². The minimum absolute atomic E-state index is 0.0717. The van der Waals surface area contributed by atoms with Crippen molar-refractivity contribution >= 4 is 5.69 Å². The summed E-state index contributed by atoms with van der Waals surface area (Å²) in [6.45, 7) is 20.0. The fourth-order valence-corrected chi connectivity index (χ4v) is 10.6. The molecule has 17 rings (SSSR count). The van der Waals surface area contributed by atoms with Gasteiger partial charge in [0.05, 0.1) is 169 Å². The number of hydrogen-bond acceptors (Lipinski definition) is 23. The van der Waals surface area contributed by atoms with Gasteiger partial charge in [-0.1, -0.05) is 43.3 Å². The summed E-state index contributed by atoms with van der Waals surface area (Å²) in [5.74, 6) is 3.54. The third-order valence-electron chi connectivity index (χ3n) is 17.7. The van der Waals surface area contributed by atoms with E-state index in [1.54, 1.807) is 0 Å². The molecule has 12 fully saturated rings. The maximum absolute atomic E-state index is 12.4. The summed E-state index contributed by atoms with van der Waals surface area (Å²) >= 11 is 0. The van der Waals surface area contributed by atoms with Crippen LogP contribution in [0.5, 0.6) is 23.0 Å². The monoisotopic (exact) mass is 1340 g/mol. The van der Waals surface area contributed by atoms with Gasteiger partial charge in [0.25, 0.3) is 0 Å². The Morgan fingerprint density at radius 1 is 0.354 bits per heavy atom. The summed E-state index contributed by atoms with van der Waals surface area (Å²) in [6, 6.07) is 33.3. The van der Waals surface area contributed by atoms with Crippen LogP contribution < -0.4 is 40.9 Å². The van der Waals surface area contributed by atoms with Gasteiger partial charge in [-0.3, -0.25) is 0 Å². The molecule has 96 heavy (non-hydrogen) atoms. The number of benzene rings is 4. The van der Waals surface area contributed by atoms with Crippen molar-refractivity contribution < 1.29 is 90.0 Å². The van der Waals surface area contributed by atoms with E-state index in [1.165, 1.54) is 22.4 Å². The van der Waals surface area contributed by atoms with Gasteiger partial charge < -0.3 is 94.9 Å². The highest BCUT2D eigenvalue weighted by atomic mass is 16.6. The third-order valence-corrected chi connectivity index (χ3v) is 17.7. The predicted octanol–water partition coefficient (Wildman–Crippen LogP) is 3.26. The van der Waals surface area contributed by atoms with Crippen LogP contribution in [0.15, 0.2) is 111 Å². The summed E-state index contributed by atoms with van der Waals surface area (Å²) in [5.41, 5.74) is 2.89. The molecule has 0 spiro atoms. The maximum atomic E-state index is 12.4. The lowest BCUT2D eigenvalue weighted by Gasteiger charge is -2.32. The predicted molar refractivity (Wildman–Crippen MR) is 342 cm³/mol. The van der Waals surface area contributed by atoms with Gasteiger partial charge >= 0.3 is 17.1 Å². The molecule has 0 N–H and O–H groups in total. The van der Waals surface area contributed by atoms with Crippen molar-refractivity contribution in [1.82, 2.24) is 13.7 Å². The van der Waals surface area contributed by atoms with E-state index in [9.17, 15) is 14.4 Å². The van der Waals surface area contributed by atoms with Crippen LogP contribution in [0.25, 0.3) is 0 Å². The highest BCUT2D eigenvalue weighted by Crippen LogP contribution is 2.36. The van der Waals surface area contributed by atoms with Gasteiger partial charge in [0.2, 0.25) is 0 Å². The molecule has 0 aliphatic carbocycles. The van der Waals surface area contributed by atoms with Crippen molar-refractivity contribution in [3.05, 3.63) is 145 Å². The molecule has 4 aromatic carbocycles. The van der Waals surface area contributed by atoms with Crippen LogP contribution in [-0.4, -0.2) is 245 Å². The van der Waals surface area contributed by atoms with Crippen LogP contribution in [0.2, 0.25) is 0 Å². The van der Waals surface area contributed by atoms with Crippen LogP contribution in [0.1, 0.15) is 36.0 Å². The van der Waals surface area contributed by atoms with Crippen LogP contribution in [0.3, 0.4) is 0 Å². The van der Waals surface area contributed by atoms with E-state index < -0.39 is 17.1 Å². The number of hydrogen-bond donors (Lipinski definition) is 0. The standard InChI is InChI=1S/C28H28O6.C15H19NO4.C15H26O6.C12H15N3O6/c1-7-22(29-13-25-16-32-25)8-2-19(1)28(20-3-9-23(10-4-20)30-14-26-17-33-26)21-5-11-24(12-6-21)31-15-27-18-34-27;1-3-12(17-9-15-10-20-15)4-2-11(1)16(5-13-7-18-13)6-14-8-19-14;1-2-15(9-16-3-12-6-19-12,10-17-4-13-7-20-13)11-18-5-14-8-21-14;16-10-13(1-7-4-19-7)11(17)15(3-9-6-21-9)12(18)14(10)2-8-5-20-8/h1-12,25-28H,13-18H2;1-4,13-15H,5-10H2;12-14H,2-11H2,1H3;7-9H,1-6H2. The SMILES string of the molecule is CCC(COCC1CO1)(COCC1CO1)COCC1CO1.O=c1n(CC2CO2)c(=O)n(CC2CO2)c(=O)n1CC1CO1.c1cc(C(c2ccc(OCC3CO3)cc2)c2ccc(OCC3CO3)cc2)ccc1OCC1CO1.c1cc(N(CC2CO2)CC2CO2)ccc1OCC1CO1. The molecule has 12 atom stereocenters. The number of nitrogens with zero attached hydrogens (tertiary/aromatic N) is 4. The van der Waals surface area contributed by atoms with E-state index in [0.717, 1.165) is 116 Å². The first-order valence-corrected chi connectivity index (χ1v) is 33.8. The first kappa shape index (κ1) is 66.9. The molecule has 12 aliphatic heterocycles. The van der Waals surface area contributed by atoms with Gasteiger partial charge in [-0.25, -0.2) is 28.1 Å². The van der Waals surface area contributed by atoms with E-state index in [1.807, 2.05) is 48.5 Å². The smallest absolute Gasteiger partial charge is 0.336 e. The summed E-state index contributed by atoms with van der Waals surface area (Å²) in [5, 5.41) is 0. The lowest BCUT2D eigenvalue weighted by atomic mass is 9.85. The van der Waals surface area contributed by atoms with E-state index in [-0.39, 0.29) is 67.6 Å². The minimum atomic E-state index is -0.594. The van der Waals surface area contributed by atoms with E-state index in [2.05, 4.69) is 60.4 Å². The van der Waals surface area contributed by atoms with Crippen LogP contribution >= 0.6 is 0 Å². The number of aromatic nitrogens is 3. The Labute approximate surface area is 556 Å². The van der Waals surface area contributed by atoms with Gasteiger partial charge in [0.1, 0.15) is 92.2 Å². The summed E-state index contributed by atoms with van der Waals surface area (Å²) in [7, 11) is 0. The molecule has 12 saturated heterocycles. The van der Waals surface area contributed by atoms with Gasteiger partial charge in [-0.2, -0.15) is 0 Å². The van der Waals surface area contributed by atoms with Crippen molar-refractivity contribution in [2.75, 3.05) is 163 Å². The molecule has 5 aromatic rings. The van der Waals surface area contributed by atoms with Gasteiger partial charge in [0.15, 0.2) is 0 Å². The molecule has 12 unspecified atom stereocenters. The number of anilines is 1. The second-order valence-corrected chi connectivity index (χ2v) is 26.3. The molecule has 0 bridgehead atoms. The molecule has 0 amide bonds. The van der Waals surface area contributed by atoms with Crippen molar-refractivity contribution in [2.45, 2.75) is 112 Å². The Morgan fingerprint density at radius 3 is 0.833 bits per heavy atom. The third kappa shape index (κ3) is 21.8. The van der Waals surface area contributed by atoms with Crippen LogP contribution in [0.4, 0.5) is 5.69 Å². The number of rotatable bonds is 39. The van der Waals surface area contributed by atoms with E-state index >= 15 is 0 Å². The highest BCUT2D eigenvalue weighted by Gasteiger charge is 2.37. The molecule has 13 heterocycles. The molecule has 0 radical (unpaired) electrons. The first-order chi connectivity index (χ1) is 47.1. The van der Waals surface area contributed by atoms with Crippen molar-refractivity contribution in [3.63, 3.8) is 0 Å². The van der Waals surface area contributed by atoms with E-state index in [0.29, 0.717) is 123 Å². The largest absolute Gasteiger partial charge is 0.491 e. The Bertz CT molecular complexity index is 3100. The Morgan fingerprint density at radius 2 is 0.594 bits per heavy atom. The maximum Gasteiger partial charge on any atom is 0.336 e. The fourth-order valence-electron chi connectivity index (χ4n) is 10.6. The fraction of sp³-hybridized carbons (Fsp3) is 0.614. The molecule has 26 nitrogen and oxygen atoms in total. The summed E-state index contributed by atoms with van der Waals surface area (Å²) < 4.78 is 106. The Balaban J connectivity index is 0.000000113. The minimum Gasteiger partial charge on any atom is -0.491 e. The number of epoxide rings is 12. The number of ether oxygens (including phenoxy) is 19. The van der Waals surface area contributed by atoms with Crippen molar-refractivity contribution in [2.24, 2.45) is 5.41 Å². The quantitative estimate of drug-likeness (QED) is 0.0403. The summed E-state index contributed by atoms with van der Waals surface area (Å²) in [6.07, 6.45) is 3.26. The first-order valence-electron chi connectivity index (χ1n) is 33.8. The molecule has 0 saturated carbocycles. The second kappa shape index (κ2) is 31.7. The molecule has 1 aromatic heterocycles. The van der Waals surface area contributed by atoms with Crippen molar-refractivity contribution in [3.8, 4) is 23.0 Å². The van der Waals surface area contributed by atoms with Gasteiger partial charge in [0, 0.05) is 30.1 Å². The normalized spacial score (nSPS) is 28.0.